The average molecular weight is 872 g/mol. The Hall–Kier alpha value is -4.16. The van der Waals surface area contributed by atoms with Gasteiger partial charge in [-0.05, 0) is 89.9 Å². The van der Waals surface area contributed by atoms with Crippen LogP contribution in [0.15, 0.2) is 122 Å². The Bertz CT molecular complexity index is 1510. The van der Waals surface area contributed by atoms with E-state index in [1.165, 1.54) is 0 Å². The summed E-state index contributed by atoms with van der Waals surface area (Å²) in [4.78, 5) is 46.0. The van der Waals surface area contributed by atoms with E-state index in [1.54, 1.807) is 12.2 Å². The first-order chi connectivity index (χ1) is 29.5. The predicted octanol–water partition coefficient (Wildman–Crippen LogP) is 10.6. The van der Waals surface area contributed by atoms with Crippen molar-refractivity contribution < 1.29 is 52.6 Å². The number of aliphatic hydroxyl groups is 1. The summed E-state index contributed by atoms with van der Waals surface area (Å²) in [5, 5.41) is 18.9. The first-order valence-electron chi connectivity index (χ1n) is 21.7. The highest BCUT2D eigenvalue weighted by molar-refractivity contribution is 7.47. The van der Waals surface area contributed by atoms with Crippen molar-refractivity contribution in [1.82, 2.24) is 0 Å². The zero-order valence-corrected chi connectivity index (χ0v) is 37.4. The number of aliphatic carboxylic acids is 1. The summed E-state index contributed by atoms with van der Waals surface area (Å²) >= 11 is 0. The van der Waals surface area contributed by atoms with Crippen molar-refractivity contribution in [3.8, 4) is 0 Å². The molecule has 0 heterocycles. The minimum Gasteiger partial charge on any atom is -0.480 e. The summed E-state index contributed by atoms with van der Waals surface area (Å²) in [7, 11) is -4.77. The number of phosphoric acid groups is 1. The molecule has 0 amide bonds. The van der Waals surface area contributed by atoms with Crippen LogP contribution in [-0.4, -0.2) is 71.1 Å². The summed E-state index contributed by atoms with van der Waals surface area (Å²) in [6.45, 7) is 2.37. The van der Waals surface area contributed by atoms with Crippen LogP contribution in [-0.2, 0) is 37.5 Å². The molecule has 13 heteroatoms. The molecule has 0 rings (SSSR count). The number of rotatable bonds is 38. The van der Waals surface area contributed by atoms with E-state index in [0.29, 0.717) is 32.1 Å². The van der Waals surface area contributed by atoms with Gasteiger partial charge in [0, 0.05) is 12.8 Å². The number of allylic oxidation sites excluding steroid dienone is 18. The maximum absolute atomic E-state index is 12.6. The molecule has 4 atom stereocenters. The van der Waals surface area contributed by atoms with Crippen LogP contribution in [0, 0.1) is 0 Å². The second-order valence-corrected chi connectivity index (χ2v) is 15.4. The number of carbonyl (C=O) groups excluding carboxylic acids is 2. The topological polar surface area (TPSA) is 192 Å². The number of carboxylic acids is 1. The van der Waals surface area contributed by atoms with Gasteiger partial charge in [-0.25, -0.2) is 4.57 Å². The third-order valence-corrected chi connectivity index (χ3v) is 9.24. The lowest BCUT2D eigenvalue weighted by atomic mass is 10.1. The molecule has 0 aromatic rings. The number of aliphatic hydroxyl groups excluding tert-OH is 1. The molecule has 0 saturated carbocycles. The number of ether oxygens (including phenoxy) is 2. The lowest BCUT2D eigenvalue weighted by molar-refractivity contribution is -0.161. The summed E-state index contributed by atoms with van der Waals surface area (Å²) < 4.78 is 32.6. The summed E-state index contributed by atoms with van der Waals surface area (Å²) in [6, 6.07) is -1.55. The fourth-order valence-corrected chi connectivity index (χ4v) is 5.69. The molecule has 0 radical (unpaired) electrons. The molecule has 0 aliphatic rings. The van der Waals surface area contributed by atoms with Crippen LogP contribution in [0.1, 0.15) is 123 Å². The monoisotopic (exact) mass is 871 g/mol. The Labute approximate surface area is 365 Å². The van der Waals surface area contributed by atoms with Gasteiger partial charge in [-0.1, -0.05) is 142 Å². The lowest BCUT2D eigenvalue weighted by Gasteiger charge is -2.20. The molecule has 0 saturated heterocycles. The fraction of sp³-hybridized carbons (Fsp3) is 0.521. The number of hydrogen-bond donors (Lipinski definition) is 4. The quantitative estimate of drug-likeness (QED) is 0.0151. The Kier molecular flexibility index (Phi) is 38.4. The molecule has 342 valence electrons. The number of esters is 2. The van der Waals surface area contributed by atoms with Gasteiger partial charge < -0.3 is 30.3 Å². The molecule has 61 heavy (non-hydrogen) atoms. The maximum Gasteiger partial charge on any atom is 0.472 e. The van der Waals surface area contributed by atoms with Gasteiger partial charge in [-0.2, -0.15) is 0 Å². The molecule has 0 aliphatic carbocycles. The van der Waals surface area contributed by atoms with Crippen molar-refractivity contribution in [2.75, 3.05) is 19.8 Å². The van der Waals surface area contributed by atoms with Gasteiger partial charge in [0.1, 0.15) is 12.6 Å². The highest BCUT2D eigenvalue weighted by Gasteiger charge is 2.28. The van der Waals surface area contributed by atoms with Crippen LogP contribution in [0.4, 0.5) is 0 Å². The molecule has 0 aromatic heterocycles. The summed E-state index contributed by atoms with van der Waals surface area (Å²) in [6.07, 6.45) is 51.6. The highest BCUT2D eigenvalue weighted by atomic mass is 31.2. The zero-order chi connectivity index (χ0) is 45.1. The van der Waals surface area contributed by atoms with Crippen LogP contribution in [0.25, 0.3) is 0 Å². The van der Waals surface area contributed by atoms with Crippen molar-refractivity contribution in [2.24, 2.45) is 5.73 Å². The molecule has 5 N–H and O–H groups in total. The van der Waals surface area contributed by atoms with Crippen molar-refractivity contribution >= 4 is 25.7 Å². The van der Waals surface area contributed by atoms with Crippen molar-refractivity contribution in [1.29, 1.82) is 0 Å². The molecule has 2 unspecified atom stereocenters. The number of nitrogens with two attached hydrogens (primary N) is 1. The standard InChI is InChI=1S/C48H74NO11P/c1-3-5-7-9-11-12-13-14-15-16-17-18-19-20-21-22-26-30-34-38-46(51)57-40-44(41-58-61(55,56)59-42-45(49)48(53)54)60-47(52)39-35-31-27-24-23-25-29-33-37-43(50)36-32-28-10-8-6-4-2/h5-8,11-12,14-15,17-18,20-21,24-25,27-29,32-33,37,43-45,50H,3-4,9-10,13,16,19,22-23,26,30-31,34-36,38-42,49H2,1-2H3,(H,53,54)(H,55,56)/b7-5-,8-6-,12-11-,15-14-,18-17-,21-20-,27-24-,29-25-,32-28-,37-33+/t43?,44-,45+/m1/s1. The first-order valence-corrected chi connectivity index (χ1v) is 23.2. The van der Waals surface area contributed by atoms with Crippen molar-refractivity contribution in [2.45, 2.75) is 141 Å². The lowest BCUT2D eigenvalue weighted by Crippen LogP contribution is -2.34. The molecular weight excluding hydrogens is 797 g/mol. The largest absolute Gasteiger partial charge is 0.480 e. The number of carbonyl (C=O) groups is 3. The Morgan fingerprint density at radius 2 is 1.08 bits per heavy atom. The second kappa shape index (κ2) is 41.2. The van der Waals surface area contributed by atoms with Crippen LogP contribution < -0.4 is 5.73 Å². The van der Waals surface area contributed by atoms with E-state index in [1.807, 2.05) is 36.5 Å². The van der Waals surface area contributed by atoms with E-state index in [2.05, 4.69) is 91.3 Å². The van der Waals surface area contributed by atoms with Gasteiger partial charge in [-0.15, -0.1) is 0 Å². The molecule has 0 bridgehead atoms. The number of carboxylic acid groups (broad SMARTS) is 1. The Morgan fingerprint density at radius 3 is 1.66 bits per heavy atom. The van der Waals surface area contributed by atoms with Crippen molar-refractivity contribution in [3.63, 3.8) is 0 Å². The van der Waals surface area contributed by atoms with Gasteiger partial charge in [-0.3, -0.25) is 23.4 Å². The zero-order valence-electron chi connectivity index (χ0n) is 36.6. The van der Waals surface area contributed by atoms with Gasteiger partial charge in [0.25, 0.3) is 0 Å². The van der Waals surface area contributed by atoms with Crippen molar-refractivity contribution in [3.05, 3.63) is 122 Å². The average Bonchev–Trinajstić information content (AvgIpc) is 3.23. The fourth-order valence-electron chi connectivity index (χ4n) is 4.91. The number of phosphoric ester groups is 1. The SMILES string of the molecule is CC/C=C\C/C=C\C/C=C\C/C=C\C/C=C\CCCCCC(=O)OC[C@H](COP(=O)(O)OC[C@H](N)C(=O)O)OC(=O)CCC/C=C\C/C=C\C=C\C(O)C/C=C\C/C=C\CC. The van der Waals surface area contributed by atoms with E-state index < -0.39 is 63.8 Å². The van der Waals surface area contributed by atoms with E-state index >= 15 is 0 Å². The van der Waals surface area contributed by atoms with E-state index in [9.17, 15) is 28.9 Å². The summed E-state index contributed by atoms with van der Waals surface area (Å²) in [5.41, 5.74) is 5.32. The molecule has 12 nitrogen and oxygen atoms in total. The normalized spacial score (nSPS) is 15.4. The highest BCUT2D eigenvalue weighted by Crippen LogP contribution is 2.43. The molecule has 0 fully saturated rings. The minimum atomic E-state index is -4.77. The first kappa shape index (κ1) is 56.8. The molecular formula is C48H74NO11P. The third-order valence-electron chi connectivity index (χ3n) is 8.29. The maximum atomic E-state index is 12.6. The smallest absolute Gasteiger partial charge is 0.472 e. The molecule has 0 aliphatic heterocycles. The Balaban J connectivity index is 4.61. The summed E-state index contributed by atoms with van der Waals surface area (Å²) in [5.74, 6) is -2.57. The Morgan fingerprint density at radius 1 is 0.590 bits per heavy atom. The van der Waals surface area contributed by atoms with E-state index in [4.69, 9.17) is 24.8 Å². The van der Waals surface area contributed by atoms with E-state index in [0.717, 1.165) is 64.2 Å². The predicted molar refractivity (Wildman–Crippen MR) is 245 cm³/mol. The van der Waals surface area contributed by atoms with Crippen LogP contribution in [0.3, 0.4) is 0 Å². The van der Waals surface area contributed by atoms with Crippen LogP contribution >= 0.6 is 7.82 Å². The van der Waals surface area contributed by atoms with Gasteiger partial charge in [0.15, 0.2) is 6.10 Å². The number of hydrogen-bond acceptors (Lipinski definition) is 10. The van der Waals surface area contributed by atoms with Crippen LogP contribution in [0.5, 0.6) is 0 Å². The third kappa shape index (κ3) is 41.0. The van der Waals surface area contributed by atoms with E-state index in [-0.39, 0.29) is 12.8 Å². The van der Waals surface area contributed by atoms with Gasteiger partial charge in [0.2, 0.25) is 0 Å². The second-order valence-electron chi connectivity index (χ2n) is 13.9. The van der Waals surface area contributed by atoms with Gasteiger partial charge >= 0.3 is 25.7 Å². The van der Waals surface area contributed by atoms with Crippen LogP contribution in [0.2, 0.25) is 0 Å². The van der Waals surface area contributed by atoms with Gasteiger partial charge in [0.05, 0.1) is 19.3 Å². The molecule has 0 aromatic carbocycles. The minimum absolute atomic E-state index is 0.0349. The molecule has 0 spiro atoms. The number of unbranched alkanes of at least 4 members (excludes halogenated alkanes) is 4.